The molecule has 0 bridgehead atoms. The summed E-state index contributed by atoms with van der Waals surface area (Å²) < 4.78 is 40.2. The number of benzene rings is 1. The van der Waals surface area contributed by atoms with Crippen LogP contribution in [0.5, 0.6) is 5.75 Å². The molecule has 3 heterocycles. The number of amides is 4. The molecule has 0 spiro atoms. The van der Waals surface area contributed by atoms with Crippen LogP contribution in [0.15, 0.2) is 28.8 Å². The molecular formula is C25H28F2N4O5S. The first-order valence-electron chi connectivity index (χ1n) is 11.5. The zero-order valence-corrected chi connectivity index (χ0v) is 22.2. The Labute approximate surface area is 217 Å². The molecule has 12 heteroatoms. The van der Waals surface area contributed by atoms with Gasteiger partial charge in [0, 0.05) is 25.0 Å². The summed E-state index contributed by atoms with van der Waals surface area (Å²) in [5.74, 6) is -3.40. The summed E-state index contributed by atoms with van der Waals surface area (Å²) in [4.78, 5) is 44.3. The number of hydrogen-bond donors (Lipinski definition) is 1. The maximum absolute atomic E-state index is 14.6. The van der Waals surface area contributed by atoms with Crippen molar-refractivity contribution in [3.63, 3.8) is 0 Å². The van der Waals surface area contributed by atoms with Gasteiger partial charge in [0.25, 0.3) is 0 Å². The number of halogens is 2. The van der Waals surface area contributed by atoms with E-state index in [9.17, 15) is 23.2 Å². The molecule has 1 aromatic carbocycles. The Morgan fingerprint density at radius 2 is 1.86 bits per heavy atom. The molecule has 2 atom stereocenters. The van der Waals surface area contributed by atoms with Crippen molar-refractivity contribution in [2.75, 3.05) is 26.0 Å². The van der Waals surface area contributed by atoms with Crippen LogP contribution in [0.1, 0.15) is 34.1 Å². The van der Waals surface area contributed by atoms with Crippen LogP contribution in [-0.2, 0) is 14.3 Å². The van der Waals surface area contributed by atoms with Gasteiger partial charge in [-0.1, -0.05) is 20.8 Å². The summed E-state index contributed by atoms with van der Waals surface area (Å²) in [7, 11) is 2.92. The maximum atomic E-state index is 14.6. The number of allylic oxidation sites excluding steroid dienone is 1. The van der Waals surface area contributed by atoms with Crippen molar-refractivity contribution in [3.05, 3.63) is 40.5 Å². The topological polar surface area (TPSA) is 101 Å². The largest absolute Gasteiger partial charge is 0.487 e. The molecule has 2 aliphatic heterocycles. The normalized spacial score (nSPS) is 19.8. The highest BCUT2D eigenvalue weighted by molar-refractivity contribution is 7.14. The van der Waals surface area contributed by atoms with E-state index in [4.69, 9.17) is 9.47 Å². The number of ether oxygens (including phenoxy) is 2. The van der Waals surface area contributed by atoms with E-state index in [1.165, 1.54) is 19.0 Å². The Hall–Kier alpha value is -3.54. The van der Waals surface area contributed by atoms with Crippen LogP contribution in [0, 0.1) is 23.0 Å². The lowest BCUT2D eigenvalue weighted by Crippen LogP contribution is -2.58. The van der Waals surface area contributed by atoms with Gasteiger partial charge >= 0.3 is 6.03 Å². The highest BCUT2D eigenvalue weighted by Gasteiger charge is 2.50. The number of nitrogens with zero attached hydrogens (tertiary/aromatic N) is 3. The smallest absolute Gasteiger partial charge is 0.329 e. The van der Waals surface area contributed by atoms with Crippen molar-refractivity contribution in [1.29, 1.82) is 0 Å². The first-order chi connectivity index (χ1) is 17.3. The summed E-state index contributed by atoms with van der Waals surface area (Å²) in [5, 5.41) is 4.45. The maximum Gasteiger partial charge on any atom is 0.329 e. The minimum Gasteiger partial charge on any atom is -0.487 e. The number of thiazole rings is 1. The average Bonchev–Trinajstić information content (AvgIpc) is 3.39. The Bertz CT molecular complexity index is 1280. The van der Waals surface area contributed by atoms with E-state index < -0.39 is 47.4 Å². The molecule has 0 aliphatic carbocycles. The van der Waals surface area contributed by atoms with E-state index in [0.717, 1.165) is 28.4 Å². The van der Waals surface area contributed by atoms with Crippen LogP contribution in [0.3, 0.4) is 0 Å². The predicted octanol–water partition coefficient (Wildman–Crippen LogP) is 4.61. The molecule has 4 rings (SSSR count). The first kappa shape index (κ1) is 26.5. The summed E-state index contributed by atoms with van der Waals surface area (Å²) in [5.41, 5.74) is 0.687. The number of aromatic nitrogens is 1. The number of fused-ring (bicyclic) bond motifs is 1. The number of urea groups is 1. The van der Waals surface area contributed by atoms with Crippen LogP contribution in [0.4, 0.5) is 18.7 Å². The van der Waals surface area contributed by atoms with Gasteiger partial charge in [-0.15, -0.1) is 11.3 Å². The average molecular weight is 535 g/mol. The van der Waals surface area contributed by atoms with Gasteiger partial charge in [-0.05, 0) is 30.0 Å². The number of carbonyl (C=O) groups is 3. The molecule has 1 fully saturated rings. The fourth-order valence-electron chi connectivity index (χ4n) is 4.11. The fraction of sp³-hybridized carbons (Fsp3) is 0.440. The van der Waals surface area contributed by atoms with Crippen LogP contribution < -0.4 is 10.1 Å². The van der Waals surface area contributed by atoms with Gasteiger partial charge in [0.15, 0.2) is 28.7 Å². The molecular weight excluding hydrogens is 506 g/mol. The second-order valence-corrected chi connectivity index (χ2v) is 11.1. The summed E-state index contributed by atoms with van der Waals surface area (Å²) in [6, 6.07) is 1.78. The molecule has 9 nitrogen and oxygen atoms in total. The second-order valence-electron chi connectivity index (χ2n) is 10.2. The van der Waals surface area contributed by atoms with Gasteiger partial charge in [-0.25, -0.2) is 18.6 Å². The number of carbonyl (C=O) groups excluding carboxylic acids is 3. The monoisotopic (exact) mass is 534 g/mol. The molecule has 1 N–H and O–H groups in total. The SMILES string of the molecule is CC1=C(CC(=O)Nc2nc(-c3cc(F)c(OCC(C)(C)C)c(F)c3)cs2)C2C(=O)N(C)C(=O)N(C)C2O1. The van der Waals surface area contributed by atoms with Gasteiger partial charge in [-0.3, -0.25) is 19.4 Å². The van der Waals surface area contributed by atoms with Gasteiger partial charge in [0.1, 0.15) is 5.92 Å². The van der Waals surface area contributed by atoms with Crippen LogP contribution >= 0.6 is 11.3 Å². The molecule has 198 valence electrons. The lowest BCUT2D eigenvalue weighted by molar-refractivity contribution is -0.141. The lowest BCUT2D eigenvalue weighted by atomic mass is 9.92. The van der Waals surface area contributed by atoms with Crippen molar-refractivity contribution in [2.24, 2.45) is 11.3 Å². The molecule has 2 aromatic rings. The second kappa shape index (κ2) is 9.73. The summed E-state index contributed by atoms with van der Waals surface area (Å²) in [6.45, 7) is 7.46. The standard InChI is InChI=1S/C25H28F2N4O5S/c1-12-14(19-21(33)30(5)24(34)31(6)22(19)36-12)9-18(32)29-23-28-17(10-37-23)13-7-15(26)20(16(27)8-13)35-11-25(2,3)4/h7-8,10,19,22H,9,11H2,1-6H3,(H,28,29,32). The predicted molar refractivity (Wildman–Crippen MR) is 133 cm³/mol. The molecule has 2 aliphatic rings. The number of rotatable bonds is 6. The molecule has 1 saturated heterocycles. The van der Waals surface area contributed by atoms with Gasteiger partial charge in [0.05, 0.1) is 24.5 Å². The van der Waals surface area contributed by atoms with Gasteiger partial charge in [0.2, 0.25) is 11.8 Å². The van der Waals surface area contributed by atoms with Crippen LogP contribution in [0.25, 0.3) is 11.3 Å². The van der Waals surface area contributed by atoms with Gasteiger partial charge < -0.3 is 14.8 Å². The zero-order chi connectivity index (χ0) is 27.2. The van der Waals surface area contributed by atoms with E-state index in [1.807, 2.05) is 20.8 Å². The van der Waals surface area contributed by atoms with E-state index in [-0.39, 0.29) is 34.8 Å². The first-order valence-corrected chi connectivity index (χ1v) is 12.4. The van der Waals surface area contributed by atoms with Crippen molar-refractivity contribution in [2.45, 2.75) is 40.3 Å². The van der Waals surface area contributed by atoms with E-state index >= 15 is 0 Å². The van der Waals surface area contributed by atoms with Crippen LogP contribution in [-0.4, -0.2) is 59.6 Å². The zero-order valence-electron chi connectivity index (χ0n) is 21.3. The highest BCUT2D eigenvalue weighted by Crippen LogP contribution is 2.39. The van der Waals surface area contributed by atoms with E-state index in [0.29, 0.717) is 11.3 Å². The number of hydrogen-bond acceptors (Lipinski definition) is 7. The van der Waals surface area contributed by atoms with Gasteiger partial charge in [-0.2, -0.15) is 0 Å². The Morgan fingerprint density at radius 1 is 1.22 bits per heavy atom. The molecule has 37 heavy (non-hydrogen) atoms. The van der Waals surface area contributed by atoms with E-state index in [1.54, 1.807) is 12.3 Å². The highest BCUT2D eigenvalue weighted by atomic mass is 32.1. The Kier molecular flexibility index (Phi) is 6.97. The third-order valence-electron chi connectivity index (χ3n) is 6.02. The lowest BCUT2D eigenvalue weighted by Gasteiger charge is -2.37. The van der Waals surface area contributed by atoms with Crippen molar-refractivity contribution in [1.82, 2.24) is 14.8 Å². The van der Waals surface area contributed by atoms with Crippen LogP contribution in [0.2, 0.25) is 0 Å². The Balaban J connectivity index is 1.45. The quantitative estimate of drug-likeness (QED) is 0.581. The number of nitrogens with one attached hydrogen (secondary N) is 1. The molecule has 2 unspecified atom stereocenters. The fourth-order valence-corrected chi connectivity index (χ4v) is 4.84. The minimum atomic E-state index is -0.846. The molecule has 4 amide bonds. The molecule has 0 saturated carbocycles. The third kappa shape index (κ3) is 5.29. The van der Waals surface area contributed by atoms with Crippen molar-refractivity contribution >= 4 is 34.3 Å². The molecule has 1 aromatic heterocycles. The van der Waals surface area contributed by atoms with E-state index in [2.05, 4.69) is 10.3 Å². The van der Waals surface area contributed by atoms with Crippen molar-refractivity contribution < 1.29 is 32.6 Å². The summed E-state index contributed by atoms with van der Waals surface area (Å²) in [6.07, 6.45) is -0.947. The number of anilines is 1. The Morgan fingerprint density at radius 3 is 2.49 bits per heavy atom. The van der Waals surface area contributed by atoms with Crippen molar-refractivity contribution in [3.8, 4) is 17.0 Å². The number of imide groups is 1. The minimum absolute atomic E-state index is 0.143. The molecule has 0 radical (unpaired) electrons. The third-order valence-corrected chi connectivity index (χ3v) is 6.78. The summed E-state index contributed by atoms with van der Waals surface area (Å²) >= 11 is 1.09.